The van der Waals surface area contributed by atoms with Crippen LogP contribution in [0.25, 0.3) is 5.57 Å². The van der Waals surface area contributed by atoms with Gasteiger partial charge in [0.15, 0.2) is 5.82 Å². The fraction of sp³-hybridized carbons (Fsp3) is 0.100. The molecule has 5 nitrogen and oxygen atoms in total. The summed E-state index contributed by atoms with van der Waals surface area (Å²) in [7, 11) is 0. The topological polar surface area (TPSA) is 67.8 Å². The monoisotopic (exact) mass is 426 g/mol. The van der Waals surface area contributed by atoms with E-state index in [0.717, 1.165) is 21.8 Å². The summed E-state index contributed by atoms with van der Waals surface area (Å²) < 4.78 is 14.6. The molecule has 0 fully saturated rings. The van der Waals surface area contributed by atoms with Gasteiger partial charge < -0.3 is 5.32 Å². The van der Waals surface area contributed by atoms with Crippen molar-refractivity contribution in [2.45, 2.75) is 13.8 Å². The zero-order chi connectivity index (χ0) is 19.4. The van der Waals surface area contributed by atoms with Crippen molar-refractivity contribution < 1.29 is 9.18 Å². The molecule has 0 aliphatic heterocycles. The molecule has 0 aliphatic carbocycles. The zero-order valence-electron chi connectivity index (χ0n) is 14.7. The maximum absolute atomic E-state index is 13.6. The number of nitrogens with zero attached hydrogens (tertiary/aromatic N) is 3. The lowest BCUT2D eigenvalue weighted by molar-refractivity contribution is 0.102. The van der Waals surface area contributed by atoms with E-state index in [1.807, 2.05) is 37.3 Å². The number of benzene rings is 1. The molecule has 0 aliphatic rings. The lowest BCUT2D eigenvalue weighted by Gasteiger charge is -2.09. The maximum atomic E-state index is 13.6. The van der Waals surface area contributed by atoms with Gasteiger partial charge in [-0.3, -0.25) is 14.8 Å². The molecule has 136 valence electrons. The molecule has 0 saturated heterocycles. The fourth-order valence-electron chi connectivity index (χ4n) is 2.54. The minimum absolute atomic E-state index is 0.157. The lowest BCUT2D eigenvalue weighted by atomic mass is 10.0. The van der Waals surface area contributed by atoms with Crippen LogP contribution in [0.3, 0.4) is 0 Å². The number of pyridine rings is 1. The Morgan fingerprint density at radius 3 is 2.48 bits per heavy atom. The van der Waals surface area contributed by atoms with E-state index < -0.39 is 11.7 Å². The molecule has 0 radical (unpaired) electrons. The van der Waals surface area contributed by atoms with Crippen LogP contribution in [0, 0.1) is 12.7 Å². The van der Waals surface area contributed by atoms with Gasteiger partial charge in [0.25, 0.3) is 5.91 Å². The van der Waals surface area contributed by atoms with E-state index in [4.69, 9.17) is 0 Å². The molecule has 2 heterocycles. The van der Waals surface area contributed by atoms with Gasteiger partial charge >= 0.3 is 0 Å². The molecule has 2 aromatic heterocycles. The van der Waals surface area contributed by atoms with Crippen LogP contribution in [0.15, 0.2) is 59.6 Å². The third-order valence-corrected chi connectivity index (χ3v) is 4.54. The molecule has 1 N–H and O–H groups in total. The third-order valence-electron chi connectivity index (χ3n) is 4.01. The Balaban J connectivity index is 1.79. The Kier molecular flexibility index (Phi) is 5.71. The van der Waals surface area contributed by atoms with Crippen LogP contribution in [0.4, 0.5) is 10.2 Å². The van der Waals surface area contributed by atoms with Crippen LogP contribution >= 0.6 is 15.9 Å². The van der Waals surface area contributed by atoms with Gasteiger partial charge in [-0.2, -0.15) is 0 Å². The number of anilines is 1. The van der Waals surface area contributed by atoms with Gasteiger partial charge in [-0.15, -0.1) is 0 Å². The second-order valence-corrected chi connectivity index (χ2v) is 6.66. The molecule has 0 spiro atoms. The van der Waals surface area contributed by atoms with E-state index in [1.165, 1.54) is 19.3 Å². The molecular weight excluding hydrogens is 411 g/mol. The van der Waals surface area contributed by atoms with Crippen LogP contribution in [0.5, 0.6) is 0 Å². The third kappa shape index (κ3) is 4.25. The number of hydrogen-bond acceptors (Lipinski definition) is 4. The van der Waals surface area contributed by atoms with E-state index in [0.29, 0.717) is 5.69 Å². The van der Waals surface area contributed by atoms with Crippen molar-refractivity contribution in [2.24, 2.45) is 0 Å². The Hall–Kier alpha value is -2.93. The molecule has 0 saturated carbocycles. The summed E-state index contributed by atoms with van der Waals surface area (Å²) in [6, 6.07) is 7.87. The summed E-state index contributed by atoms with van der Waals surface area (Å²) in [6.45, 7) is 3.45. The first-order chi connectivity index (χ1) is 13.0. The highest BCUT2D eigenvalue weighted by Crippen LogP contribution is 2.23. The molecule has 27 heavy (non-hydrogen) atoms. The number of amides is 1. The first kappa shape index (κ1) is 18.8. The predicted octanol–water partition coefficient (Wildman–Crippen LogP) is 4.79. The minimum atomic E-state index is -0.531. The molecule has 0 atom stereocenters. The molecule has 7 heteroatoms. The second kappa shape index (κ2) is 8.18. The standard InChI is InChI=1S/C20H16BrFN4O/c1-3-15(13-4-6-14(21)7-5-13)18-10-25-19(11-24-18)26-20(27)16-8-23-9-17(22)12(16)2/h3-11H,1-2H3,(H,25,26,27). The largest absolute Gasteiger partial charge is 0.305 e. The minimum Gasteiger partial charge on any atom is -0.305 e. The van der Waals surface area contributed by atoms with Crippen molar-refractivity contribution in [3.8, 4) is 0 Å². The van der Waals surface area contributed by atoms with Crippen molar-refractivity contribution in [1.29, 1.82) is 0 Å². The Morgan fingerprint density at radius 2 is 1.85 bits per heavy atom. The number of halogens is 2. The van der Waals surface area contributed by atoms with Crippen molar-refractivity contribution in [3.63, 3.8) is 0 Å². The number of hydrogen-bond donors (Lipinski definition) is 1. The normalized spacial score (nSPS) is 11.3. The highest BCUT2D eigenvalue weighted by molar-refractivity contribution is 9.10. The summed E-state index contributed by atoms with van der Waals surface area (Å²) >= 11 is 3.42. The molecule has 3 aromatic rings. The summed E-state index contributed by atoms with van der Waals surface area (Å²) in [6.07, 6.45) is 7.40. The number of aromatic nitrogens is 3. The van der Waals surface area contributed by atoms with Crippen molar-refractivity contribution in [1.82, 2.24) is 15.0 Å². The highest BCUT2D eigenvalue weighted by atomic mass is 79.9. The zero-order valence-corrected chi connectivity index (χ0v) is 16.3. The SMILES string of the molecule is CC=C(c1ccc(Br)cc1)c1cnc(NC(=O)c2cncc(F)c2C)cn1. The lowest BCUT2D eigenvalue weighted by Crippen LogP contribution is -2.15. The smallest absolute Gasteiger partial charge is 0.258 e. The van der Waals surface area contributed by atoms with Gasteiger partial charge in [0.05, 0.1) is 29.8 Å². The van der Waals surface area contributed by atoms with E-state index in [9.17, 15) is 9.18 Å². The molecule has 0 unspecified atom stereocenters. The molecule has 1 aromatic carbocycles. The number of nitrogens with one attached hydrogen (secondary N) is 1. The van der Waals surface area contributed by atoms with Crippen LogP contribution in [-0.4, -0.2) is 20.9 Å². The van der Waals surface area contributed by atoms with Gasteiger partial charge in [-0.1, -0.05) is 34.1 Å². The Morgan fingerprint density at radius 1 is 1.11 bits per heavy atom. The van der Waals surface area contributed by atoms with Crippen LogP contribution in [-0.2, 0) is 0 Å². The van der Waals surface area contributed by atoms with Crippen LogP contribution in [0.2, 0.25) is 0 Å². The van der Waals surface area contributed by atoms with Crippen LogP contribution < -0.4 is 5.32 Å². The number of carbonyl (C=O) groups is 1. The second-order valence-electron chi connectivity index (χ2n) is 5.74. The number of allylic oxidation sites excluding steroid dienone is 1. The van der Waals surface area contributed by atoms with E-state index in [-0.39, 0.29) is 16.9 Å². The first-order valence-electron chi connectivity index (χ1n) is 8.15. The summed E-state index contributed by atoms with van der Waals surface area (Å²) in [4.78, 5) is 24.7. The molecule has 3 rings (SSSR count). The quantitative estimate of drug-likeness (QED) is 0.651. The van der Waals surface area contributed by atoms with Crippen molar-refractivity contribution in [3.05, 3.63) is 87.8 Å². The van der Waals surface area contributed by atoms with Crippen molar-refractivity contribution >= 4 is 33.2 Å². The van der Waals surface area contributed by atoms with Crippen LogP contribution in [0.1, 0.15) is 34.1 Å². The summed E-state index contributed by atoms with van der Waals surface area (Å²) in [5, 5.41) is 2.61. The maximum Gasteiger partial charge on any atom is 0.258 e. The highest BCUT2D eigenvalue weighted by Gasteiger charge is 2.14. The van der Waals surface area contributed by atoms with Gasteiger partial charge in [0, 0.05) is 21.8 Å². The number of carbonyl (C=O) groups excluding carboxylic acids is 1. The fourth-order valence-corrected chi connectivity index (χ4v) is 2.80. The van der Waals surface area contributed by atoms with E-state index in [2.05, 4.69) is 36.2 Å². The van der Waals surface area contributed by atoms with Gasteiger partial charge in [0.1, 0.15) is 5.82 Å². The summed E-state index contributed by atoms with van der Waals surface area (Å²) in [5.74, 6) is -0.740. The molecule has 1 amide bonds. The predicted molar refractivity (Wildman–Crippen MR) is 106 cm³/mol. The van der Waals surface area contributed by atoms with E-state index in [1.54, 1.807) is 6.20 Å². The van der Waals surface area contributed by atoms with Gasteiger partial charge in [0.2, 0.25) is 0 Å². The average molecular weight is 427 g/mol. The molecule has 0 bridgehead atoms. The Bertz CT molecular complexity index is 1000. The van der Waals surface area contributed by atoms with Gasteiger partial charge in [-0.25, -0.2) is 9.37 Å². The molecular formula is C20H16BrFN4O. The van der Waals surface area contributed by atoms with Gasteiger partial charge in [-0.05, 0) is 31.5 Å². The summed E-state index contributed by atoms with van der Waals surface area (Å²) in [5.41, 5.74) is 3.01. The first-order valence-corrected chi connectivity index (χ1v) is 8.95. The van der Waals surface area contributed by atoms with E-state index >= 15 is 0 Å². The Labute approximate surface area is 164 Å². The average Bonchev–Trinajstić information content (AvgIpc) is 2.67. The van der Waals surface area contributed by atoms with Crippen molar-refractivity contribution in [2.75, 3.05) is 5.32 Å². The number of rotatable bonds is 4.